The van der Waals surface area contributed by atoms with Gasteiger partial charge in [-0.05, 0) is 17.7 Å². The van der Waals surface area contributed by atoms with Crippen molar-refractivity contribution in [3.63, 3.8) is 0 Å². The van der Waals surface area contributed by atoms with E-state index in [9.17, 15) is 19.7 Å². The lowest BCUT2D eigenvalue weighted by atomic mass is 10.2. The summed E-state index contributed by atoms with van der Waals surface area (Å²) in [4.78, 5) is 36.7. The molecule has 2 aromatic rings. The minimum absolute atomic E-state index is 0.153. The highest BCUT2D eigenvalue weighted by Crippen LogP contribution is 2.19. The number of nitrogens with one attached hydrogen (secondary N) is 2. The van der Waals surface area contributed by atoms with Crippen LogP contribution in [0.15, 0.2) is 38.3 Å². The van der Waals surface area contributed by atoms with Gasteiger partial charge in [0, 0.05) is 4.47 Å². The van der Waals surface area contributed by atoms with Crippen LogP contribution >= 0.6 is 15.9 Å². The van der Waals surface area contributed by atoms with Crippen molar-refractivity contribution in [3.05, 3.63) is 70.9 Å². The van der Waals surface area contributed by atoms with E-state index >= 15 is 0 Å². The second kappa shape index (κ2) is 5.66. The number of rotatable bonds is 3. The zero-order valence-electron chi connectivity index (χ0n) is 9.92. The lowest BCUT2D eigenvalue weighted by Gasteiger charge is -1.98. The summed E-state index contributed by atoms with van der Waals surface area (Å²) in [5.41, 5.74) is -1.94. The zero-order chi connectivity index (χ0) is 14.7. The first kappa shape index (κ1) is 13.9. The predicted octanol–water partition coefficient (Wildman–Crippen LogP) is 1.90. The number of benzene rings is 1. The Kier molecular flexibility index (Phi) is 3.94. The van der Waals surface area contributed by atoms with Gasteiger partial charge in [0.05, 0.1) is 4.92 Å². The summed E-state index contributed by atoms with van der Waals surface area (Å²) in [6, 6.07) is 7.19. The largest absolute Gasteiger partial charge is 0.357 e. The number of nitrogens with zero attached hydrogens (tertiary/aromatic N) is 1. The van der Waals surface area contributed by atoms with Crippen LogP contribution in [-0.4, -0.2) is 14.9 Å². The number of hydrogen-bond donors (Lipinski definition) is 2. The molecule has 0 fully saturated rings. The van der Waals surface area contributed by atoms with Crippen LogP contribution in [-0.2, 0) is 0 Å². The van der Waals surface area contributed by atoms with E-state index in [-0.39, 0.29) is 5.69 Å². The van der Waals surface area contributed by atoms with Crippen LogP contribution in [0, 0.1) is 10.1 Å². The van der Waals surface area contributed by atoms with Gasteiger partial charge in [0.1, 0.15) is 5.69 Å². The zero-order valence-corrected chi connectivity index (χ0v) is 11.5. The Hall–Kier alpha value is -2.48. The van der Waals surface area contributed by atoms with Crippen molar-refractivity contribution in [2.75, 3.05) is 0 Å². The van der Waals surface area contributed by atoms with E-state index in [0.29, 0.717) is 0 Å². The lowest BCUT2D eigenvalue weighted by molar-refractivity contribution is -0.386. The molecule has 1 aromatic heterocycles. The predicted molar refractivity (Wildman–Crippen MR) is 77.4 cm³/mol. The third-order valence-corrected chi connectivity index (χ3v) is 3.18. The first-order chi connectivity index (χ1) is 9.49. The molecule has 0 bridgehead atoms. The third kappa shape index (κ3) is 2.91. The van der Waals surface area contributed by atoms with Crippen molar-refractivity contribution in [1.29, 1.82) is 0 Å². The van der Waals surface area contributed by atoms with Gasteiger partial charge in [0.2, 0.25) is 0 Å². The first-order valence-electron chi connectivity index (χ1n) is 5.42. The molecule has 0 aliphatic carbocycles. The molecule has 0 aliphatic heterocycles. The van der Waals surface area contributed by atoms with Gasteiger partial charge in [-0.25, -0.2) is 4.79 Å². The van der Waals surface area contributed by atoms with Crippen molar-refractivity contribution in [3.8, 4) is 0 Å². The van der Waals surface area contributed by atoms with Crippen molar-refractivity contribution >= 4 is 33.8 Å². The summed E-state index contributed by atoms with van der Waals surface area (Å²) < 4.78 is 0.783. The standard InChI is InChI=1S/C12H8BrN3O4/c13-8-4-2-1-3-7(8)5-6-9-10(16(19)20)11(17)15-12(18)14-9/h1-6H,(H2,14,15,17,18)/b6-5+. The Morgan fingerprint density at radius 1 is 1.15 bits per heavy atom. The summed E-state index contributed by atoms with van der Waals surface area (Å²) >= 11 is 3.32. The number of H-pyrrole nitrogens is 2. The molecule has 20 heavy (non-hydrogen) atoms. The average molecular weight is 338 g/mol. The molecular formula is C12H8BrN3O4. The highest BCUT2D eigenvalue weighted by Gasteiger charge is 2.18. The Bertz CT molecular complexity index is 807. The molecule has 2 rings (SSSR count). The van der Waals surface area contributed by atoms with Crippen LogP contribution in [0.4, 0.5) is 5.69 Å². The molecule has 0 amide bonds. The number of aromatic nitrogens is 2. The molecule has 0 atom stereocenters. The highest BCUT2D eigenvalue weighted by atomic mass is 79.9. The normalized spacial score (nSPS) is 10.8. The van der Waals surface area contributed by atoms with Crippen molar-refractivity contribution < 1.29 is 4.92 Å². The van der Waals surface area contributed by atoms with E-state index in [1.807, 2.05) is 11.1 Å². The van der Waals surface area contributed by atoms with Crippen LogP contribution in [0.3, 0.4) is 0 Å². The molecule has 1 heterocycles. The minimum Gasteiger partial charge on any atom is -0.301 e. The fourth-order valence-electron chi connectivity index (χ4n) is 1.58. The van der Waals surface area contributed by atoms with Gasteiger partial charge in [0.25, 0.3) is 0 Å². The Labute approximate surface area is 120 Å². The monoisotopic (exact) mass is 337 g/mol. The summed E-state index contributed by atoms with van der Waals surface area (Å²) in [5.74, 6) is 0. The molecule has 0 spiro atoms. The van der Waals surface area contributed by atoms with E-state index < -0.39 is 21.9 Å². The molecule has 1 aromatic carbocycles. The number of nitro groups is 1. The third-order valence-electron chi connectivity index (χ3n) is 2.46. The van der Waals surface area contributed by atoms with Crippen molar-refractivity contribution in [2.45, 2.75) is 0 Å². The lowest BCUT2D eigenvalue weighted by Crippen LogP contribution is -2.25. The second-order valence-electron chi connectivity index (χ2n) is 3.78. The van der Waals surface area contributed by atoms with Crippen LogP contribution in [0.25, 0.3) is 12.2 Å². The van der Waals surface area contributed by atoms with Gasteiger partial charge in [-0.3, -0.25) is 19.9 Å². The maximum absolute atomic E-state index is 11.4. The minimum atomic E-state index is -1.04. The van der Waals surface area contributed by atoms with Gasteiger partial charge >= 0.3 is 16.9 Å². The van der Waals surface area contributed by atoms with E-state index in [1.54, 1.807) is 24.3 Å². The van der Waals surface area contributed by atoms with Gasteiger partial charge in [0.15, 0.2) is 0 Å². The average Bonchev–Trinajstić information content (AvgIpc) is 2.36. The van der Waals surface area contributed by atoms with E-state index in [4.69, 9.17) is 0 Å². The number of halogens is 1. The summed E-state index contributed by atoms with van der Waals surface area (Å²) in [6.07, 6.45) is 2.87. The summed E-state index contributed by atoms with van der Waals surface area (Å²) in [7, 11) is 0. The van der Waals surface area contributed by atoms with Crippen LogP contribution in [0.2, 0.25) is 0 Å². The number of aromatic amines is 2. The van der Waals surface area contributed by atoms with Crippen LogP contribution in [0.5, 0.6) is 0 Å². The quantitative estimate of drug-likeness (QED) is 0.658. The fourth-order valence-corrected chi connectivity index (χ4v) is 2.00. The SMILES string of the molecule is O=c1[nH]c(/C=C/c2ccccc2Br)c([N+](=O)[O-])c(=O)[nH]1. The van der Waals surface area contributed by atoms with Gasteiger partial charge in [-0.1, -0.05) is 40.2 Å². The van der Waals surface area contributed by atoms with Crippen LogP contribution < -0.4 is 11.2 Å². The molecule has 2 N–H and O–H groups in total. The topological polar surface area (TPSA) is 109 Å². The van der Waals surface area contributed by atoms with Crippen molar-refractivity contribution in [2.24, 2.45) is 0 Å². The molecule has 0 radical (unpaired) electrons. The Balaban J connectivity index is 2.54. The molecular weight excluding hydrogens is 330 g/mol. The second-order valence-corrected chi connectivity index (χ2v) is 4.64. The van der Waals surface area contributed by atoms with E-state index in [1.165, 1.54) is 6.08 Å². The maximum Gasteiger partial charge on any atom is 0.357 e. The molecule has 8 heteroatoms. The molecule has 102 valence electrons. The molecule has 7 nitrogen and oxygen atoms in total. The number of hydrogen-bond acceptors (Lipinski definition) is 4. The van der Waals surface area contributed by atoms with E-state index in [0.717, 1.165) is 10.0 Å². The van der Waals surface area contributed by atoms with Gasteiger partial charge < -0.3 is 4.98 Å². The summed E-state index contributed by atoms with van der Waals surface area (Å²) in [6.45, 7) is 0. The Morgan fingerprint density at radius 2 is 1.85 bits per heavy atom. The van der Waals surface area contributed by atoms with Crippen LogP contribution in [0.1, 0.15) is 11.3 Å². The fraction of sp³-hybridized carbons (Fsp3) is 0. The Morgan fingerprint density at radius 3 is 2.50 bits per heavy atom. The molecule has 0 unspecified atom stereocenters. The molecule has 0 saturated heterocycles. The molecule has 0 aliphatic rings. The van der Waals surface area contributed by atoms with Crippen molar-refractivity contribution in [1.82, 2.24) is 9.97 Å². The van der Waals surface area contributed by atoms with Gasteiger partial charge in [-0.15, -0.1) is 0 Å². The van der Waals surface area contributed by atoms with E-state index in [2.05, 4.69) is 20.9 Å². The first-order valence-corrected chi connectivity index (χ1v) is 6.22. The van der Waals surface area contributed by atoms with Gasteiger partial charge in [-0.2, -0.15) is 0 Å². The highest BCUT2D eigenvalue weighted by molar-refractivity contribution is 9.10. The molecule has 0 saturated carbocycles. The maximum atomic E-state index is 11.4. The smallest absolute Gasteiger partial charge is 0.301 e. The summed E-state index contributed by atoms with van der Waals surface area (Å²) in [5, 5.41) is 10.9.